The van der Waals surface area contributed by atoms with Gasteiger partial charge in [-0.3, -0.25) is 48.1 Å². The third kappa shape index (κ3) is 23.8. The van der Waals surface area contributed by atoms with Gasteiger partial charge in [0.2, 0.25) is 23.6 Å². The summed E-state index contributed by atoms with van der Waals surface area (Å²) in [7, 11) is 6.32. The molecular weight excluding hydrogens is 1260 g/mol. The van der Waals surface area contributed by atoms with Crippen molar-refractivity contribution >= 4 is 81.9 Å². The maximum Gasteiger partial charge on any atom is 0.410 e. The highest BCUT2D eigenvalue weighted by Crippen LogP contribution is 2.34. The van der Waals surface area contributed by atoms with Gasteiger partial charge in [-0.2, -0.15) is 0 Å². The topological polar surface area (TPSA) is 303 Å². The number of ether oxygens (including phenoxy) is 3. The molecule has 1 aromatic heterocycles. The maximum atomic E-state index is 14.9. The van der Waals surface area contributed by atoms with Gasteiger partial charge in [-0.25, -0.2) is 14.6 Å². The molecule has 2 aromatic carbocycles. The number of likely N-dealkylation sites (N-methyl/N-ethyl adjacent to an activating group) is 2. The van der Waals surface area contributed by atoms with Crippen molar-refractivity contribution in [2.45, 2.75) is 201 Å². The highest BCUT2D eigenvalue weighted by molar-refractivity contribution is 7.09. The second-order valence-corrected chi connectivity index (χ2v) is 28.1. The number of anilines is 1. The van der Waals surface area contributed by atoms with Crippen molar-refractivity contribution in [3.63, 3.8) is 0 Å². The Morgan fingerprint density at radius 3 is 2.02 bits per heavy atom. The predicted molar refractivity (Wildman–Crippen MR) is 371 cm³/mol. The van der Waals surface area contributed by atoms with Crippen LogP contribution in [0.25, 0.3) is 0 Å². The Morgan fingerprint density at radius 1 is 0.753 bits per heavy atom. The number of rotatable bonds is 42. The van der Waals surface area contributed by atoms with E-state index >= 15 is 0 Å². The van der Waals surface area contributed by atoms with E-state index in [2.05, 4.69) is 33.1 Å². The summed E-state index contributed by atoms with van der Waals surface area (Å²) in [4.78, 5) is 159. The van der Waals surface area contributed by atoms with Gasteiger partial charge < -0.3 is 50.6 Å². The fraction of sp³-hybridized carbons (Fsp3) is 0.616. The number of nitrogens with zero attached hydrogens (tertiary/aromatic N) is 5. The fourth-order valence-corrected chi connectivity index (χ4v) is 14.1. The Morgan fingerprint density at radius 2 is 1.43 bits per heavy atom. The van der Waals surface area contributed by atoms with E-state index in [1.54, 1.807) is 63.4 Å². The molecule has 2 aliphatic rings. The Kier molecular flexibility index (Phi) is 32.7. The van der Waals surface area contributed by atoms with Crippen LogP contribution in [0.4, 0.5) is 15.3 Å². The molecule has 2 aliphatic heterocycles. The van der Waals surface area contributed by atoms with Crippen LogP contribution in [0.2, 0.25) is 0 Å². The summed E-state index contributed by atoms with van der Waals surface area (Å²) in [6.07, 6.45) is 6.91. The molecule has 5 rings (SSSR count). The third-order valence-electron chi connectivity index (χ3n) is 19.1. The molecule has 534 valence electrons. The summed E-state index contributed by atoms with van der Waals surface area (Å²) in [5.74, 6) is -6.03. The van der Waals surface area contributed by atoms with Crippen molar-refractivity contribution in [3.8, 4) is 0 Å². The molecule has 0 spiro atoms. The zero-order chi connectivity index (χ0) is 71.6. The Hall–Kier alpha value is -7.70. The summed E-state index contributed by atoms with van der Waals surface area (Å²) < 4.78 is 18.0. The van der Waals surface area contributed by atoms with Crippen molar-refractivity contribution in [1.82, 2.24) is 35.2 Å². The predicted octanol–water partition coefficient (Wildman–Crippen LogP) is 9.46. The van der Waals surface area contributed by atoms with Crippen LogP contribution >= 0.6 is 11.3 Å². The molecule has 0 unspecified atom stereocenters. The van der Waals surface area contributed by atoms with E-state index in [0.29, 0.717) is 62.7 Å². The van der Waals surface area contributed by atoms with E-state index in [4.69, 9.17) is 19.9 Å². The van der Waals surface area contributed by atoms with Crippen LogP contribution < -0.4 is 21.7 Å². The van der Waals surface area contributed by atoms with Crippen LogP contribution in [0.15, 0.2) is 78.3 Å². The highest BCUT2D eigenvalue weighted by atomic mass is 32.1. The van der Waals surface area contributed by atoms with Gasteiger partial charge in [0.25, 0.3) is 11.8 Å². The lowest BCUT2D eigenvalue weighted by molar-refractivity contribution is -0.149. The maximum absolute atomic E-state index is 14.9. The number of primary amides is 1. The van der Waals surface area contributed by atoms with Crippen molar-refractivity contribution in [2.75, 3.05) is 53.3 Å². The summed E-state index contributed by atoms with van der Waals surface area (Å²) in [5.41, 5.74) is 7.34. The van der Waals surface area contributed by atoms with E-state index in [1.807, 2.05) is 76.9 Å². The molecule has 5 N–H and O–H groups in total. The number of imide groups is 1. The number of amides is 9. The molecule has 1 saturated heterocycles. The zero-order valence-corrected chi connectivity index (χ0v) is 60.1. The van der Waals surface area contributed by atoms with E-state index < -0.39 is 66.1 Å². The molecule has 3 heterocycles. The van der Waals surface area contributed by atoms with Gasteiger partial charge in [-0.1, -0.05) is 118 Å². The van der Waals surface area contributed by atoms with E-state index in [1.165, 1.54) is 42.5 Å². The van der Waals surface area contributed by atoms with Crippen LogP contribution in [0, 0.1) is 41.4 Å². The molecule has 24 heteroatoms. The number of carbonyl (C=O) groups excluding carboxylic acids is 11. The fourth-order valence-electron chi connectivity index (χ4n) is 13.4. The Bertz CT molecular complexity index is 3110. The summed E-state index contributed by atoms with van der Waals surface area (Å²) in [6.45, 7) is 17.6. The van der Waals surface area contributed by atoms with Crippen molar-refractivity contribution in [2.24, 2.45) is 47.2 Å². The molecular formula is C73H107N9O14S. The molecule has 0 bridgehead atoms. The monoisotopic (exact) mass is 1370 g/mol. The Labute approximate surface area is 577 Å². The number of unbranched alkanes of at least 4 members (excludes halogenated alkanes) is 2. The van der Waals surface area contributed by atoms with Gasteiger partial charge in [0, 0.05) is 127 Å². The number of aromatic nitrogens is 1. The molecule has 9 amide bonds. The smallest absolute Gasteiger partial charge is 0.410 e. The van der Waals surface area contributed by atoms with Crippen LogP contribution in [0.3, 0.4) is 0 Å². The molecule has 0 aliphatic carbocycles. The second-order valence-electron chi connectivity index (χ2n) is 27.1. The van der Waals surface area contributed by atoms with E-state index in [-0.39, 0.29) is 141 Å². The lowest BCUT2D eigenvalue weighted by Crippen LogP contribution is -2.54. The number of urea groups is 1. The van der Waals surface area contributed by atoms with Crippen LogP contribution in [0.1, 0.15) is 168 Å². The molecule has 97 heavy (non-hydrogen) atoms. The number of thiazole rings is 1. The number of hydrogen-bond donors (Lipinski definition) is 4. The standard InChI is InChI=1S/C73H107N9O14S/c1-14-48(8)67(60(94-12)43-64(89)81-37-22-26-56(81)68(95-13)49(9)57(83)41-53(70-75-35-38-97-70)39-50-23-17-15-18-24-50)79(10)71(91)55(45(2)3)42-59(85)66(47(6)7)80(11)73(93)96-44-51-28-30-54(31-29-51)77-69(90)52(25-21-34-76-72(74)92)40-58(84)65(46(4)5)78-61(86)27-19-16-20-36-82-62(87)32-33-63(82)88/h15,17-18,23-24,28-33,35,38,45-49,52-53,55-56,60,65-68H,14,16,19-22,25-27,34,36-37,39-44H2,1-13H3,(H,77,90)(H,78,86)(H3,74,76,92)/t48-,49-,52+,53+,55-,56-,60+,65-,66-,67-,68+/m0/s1. The first-order valence-corrected chi connectivity index (χ1v) is 35.3. The van der Waals surface area contributed by atoms with Crippen LogP contribution in [0.5, 0.6) is 0 Å². The molecule has 1 fully saturated rings. The van der Waals surface area contributed by atoms with Crippen molar-refractivity contribution in [1.29, 1.82) is 0 Å². The number of likely N-dealkylation sites (tertiary alicyclic amines) is 1. The quantitative estimate of drug-likeness (QED) is 0.0303. The average molecular weight is 1370 g/mol. The number of benzene rings is 2. The van der Waals surface area contributed by atoms with E-state index in [0.717, 1.165) is 21.9 Å². The minimum Gasteiger partial charge on any atom is -0.445 e. The molecule has 3 aromatic rings. The van der Waals surface area contributed by atoms with Crippen molar-refractivity contribution in [3.05, 3.63) is 94.5 Å². The SMILES string of the molecule is CC[C@H](C)[C@@H]([C@@H](CC(=O)N1CCC[C@H]1[C@H](OC)[C@@H](C)C(=O)C[C@@H](Cc1ccccc1)c1nccs1)OC)N(C)C(=O)[C@@H](CC(=O)[C@H](C(C)C)N(C)C(=O)OCc1ccc(NC(=O)[C@H](CCCNC(N)=O)CC(=O)[C@@H](NC(=O)CCCCCN2C(=O)C=CC2=O)C(C)C)cc1)C(C)C. The second kappa shape index (κ2) is 39.6. The van der Waals surface area contributed by atoms with Gasteiger partial charge in [-0.05, 0) is 91.9 Å². The van der Waals surface area contributed by atoms with E-state index in [9.17, 15) is 52.7 Å². The number of carbonyl (C=O) groups is 11. The molecule has 0 radical (unpaired) electrons. The zero-order valence-electron chi connectivity index (χ0n) is 59.3. The van der Waals surface area contributed by atoms with Gasteiger partial charge in [0.05, 0.1) is 47.8 Å². The highest BCUT2D eigenvalue weighted by Gasteiger charge is 2.44. The van der Waals surface area contributed by atoms with Gasteiger partial charge in [0.1, 0.15) is 12.4 Å². The average Bonchev–Trinajstić information content (AvgIpc) is 1.80. The molecule has 23 nitrogen and oxygen atoms in total. The molecule has 0 saturated carbocycles. The number of hydrogen-bond acceptors (Lipinski definition) is 16. The number of nitrogens with one attached hydrogen (secondary N) is 3. The van der Waals surface area contributed by atoms with Gasteiger partial charge in [-0.15, -0.1) is 11.3 Å². The number of Topliss-reactive ketones (excluding diaryl/α,β-unsaturated/α-hetero) is 3. The first kappa shape index (κ1) is 80.0. The normalized spacial score (nSPS) is 17.0. The lowest BCUT2D eigenvalue weighted by atomic mass is 9.83. The van der Waals surface area contributed by atoms with Gasteiger partial charge in [0.15, 0.2) is 11.6 Å². The molecule has 11 atom stereocenters. The van der Waals surface area contributed by atoms with Crippen LogP contribution in [-0.2, 0) is 70.4 Å². The summed E-state index contributed by atoms with van der Waals surface area (Å²) in [6, 6.07) is 13.1. The number of nitrogens with two attached hydrogens (primary N) is 1. The summed E-state index contributed by atoms with van der Waals surface area (Å²) in [5, 5.41) is 11.0. The van der Waals surface area contributed by atoms with Crippen LogP contribution in [-0.4, -0.2) is 174 Å². The first-order chi connectivity index (χ1) is 46.1. The minimum absolute atomic E-state index is 0.0358. The Balaban J connectivity index is 1.18. The number of methoxy groups -OCH3 is 2. The van der Waals surface area contributed by atoms with Gasteiger partial charge >= 0.3 is 12.1 Å². The lowest BCUT2D eigenvalue weighted by Gasteiger charge is -2.41. The van der Waals surface area contributed by atoms with Crippen molar-refractivity contribution < 1.29 is 67.0 Å². The largest absolute Gasteiger partial charge is 0.445 e. The third-order valence-corrected chi connectivity index (χ3v) is 20.0. The minimum atomic E-state index is -0.962. The number of ketones is 3. The first-order valence-electron chi connectivity index (χ1n) is 34.4. The summed E-state index contributed by atoms with van der Waals surface area (Å²) >= 11 is 1.54.